The highest BCUT2D eigenvalue weighted by Crippen LogP contribution is 2.21. The number of pyridine rings is 1. The zero-order valence-electron chi connectivity index (χ0n) is 15.4. The quantitative estimate of drug-likeness (QED) is 0.830. The van der Waals surface area contributed by atoms with Crippen molar-refractivity contribution in [2.75, 3.05) is 20.3 Å². The lowest BCUT2D eigenvalue weighted by atomic mass is 9.95. The molecule has 1 aliphatic heterocycles. The third kappa shape index (κ3) is 4.82. The fraction of sp³-hybridized carbons (Fsp3) is 0.429. The van der Waals surface area contributed by atoms with Crippen molar-refractivity contribution in [3.8, 4) is 5.75 Å². The first-order valence-electron chi connectivity index (χ1n) is 9.05. The number of ether oxygens (including phenoxy) is 2. The van der Waals surface area contributed by atoms with Crippen molar-refractivity contribution in [2.24, 2.45) is 5.92 Å². The molecule has 26 heavy (non-hydrogen) atoms. The maximum atomic E-state index is 12.4. The summed E-state index contributed by atoms with van der Waals surface area (Å²) in [4.78, 5) is 16.4. The van der Waals surface area contributed by atoms with Crippen molar-refractivity contribution < 1.29 is 14.3 Å². The number of aromatic nitrogens is 1. The highest BCUT2D eigenvalue weighted by atomic mass is 16.5. The van der Waals surface area contributed by atoms with Gasteiger partial charge in [0.25, 0.3) is 0 Å². The van der Waals surface area contributed by atoms with Gasteiger partial charge in [-0.3, -0.25) is 9.78 Å². The number of aryl methyl sites for hydroxylation is 2. The van der Waals surface area contributed by atoms with Crippen LogP contribution in [0.15, 0.2) is 42.7 Å². The van der Waals surface area contributed by atoms with Crippen LogP contribution in [0.4, 0.5) is 0 Å². The van der Waals surface area contributed by atoms with E-state index in [1.165, 1.54) is 5.56 Å². The molecular weight excluding hydrogens is 328 g/mol. The van der Waals surface area contributed by atoms with E-state index in [9.17, 15) is 4.79 Å². The van der Waals surface area contributed by atoms with Gasteiger partial charge in [0, 0.05) is 24.7 Å². The Balaban J connectivity index is 1.51. The molecule has 3 rings (SSSR count). The number of carbonyl (C=O) groups is 1. The molecule has 0 saturated carbocycles. The fourth-order valence-electron chi connectivity index (χ4n) is 3.34. The summed E-state index contributed by atoms with van der Waals surface area (Å²) in [5, 5.41) is 3.15. The summed E-state index contributed by atoms with van der Waals surface area (Å²) >= 11 is 0. The molecule has 1 aromatic heterocycles. The van der Waals surface area contributed by atoms with Crippen molar-refractivity contribution in [1.29, 1.82) is 0 Å². The molecule has 138 valence electrons. The van der Waals surface area contributed by atoms with Crippen LogP contribution in [0.3, 0.4) is 0 Å². The second-order valence-corrected chi connectivity index (χ2v) is 6.84. The average Bonchev–Trinajstić information content (AvgIpc) is 3.08. The van der Waals surface area contributed by atoms with Gasteiger partial charge in [-0.2, -0.15) is 0 Å². The Bertz CT molecular complexity index is 733. The second kappa shape index (κ2) is 8.81. The second-order valence-electron chi connectivity index (χ2n) is 6.84. The first-order valence-corrected chi connectivity index (χ1v) is 9.05. The number of nitrogens with zero attached hydrogens (tertiary/aromatic N) is 1. The lowest BCUT2D eigenvalue weighted by molar-refractivity contribution is -0.122. The number of rotatable bonds is 7. The van der Waals surface area contributed by atoms with Crippen LogP contribution in [0, 0.1) is 12.8 Å². The lowest BCUT2D eigenvalue weighted by Crippen LogP contribution is -2.40. The van der Waals surface area contributed by atoms with Gasteiger partial charge in [-0.05, 0) is 54.7 Å². The van der Waals surface area contributed by atoms with Gasteiger partial charge in [0.15, 0.2) is 0 Å². The molecule has 5 heteroatoms. The number of methoxy groups -OCH3 is 1. The Morgan fingerprint density at radius 2 is 2.04 bits per heavy atom. The molecule has 1 aromatic carbocycles. The van der Waals surface area contributed by atoms with E-state index in [2.05, 4.69) is 16.4 Å². The van der Waals surface area contributed by atoms with Crippen molar-refractivity contribution in [3.63, 3.8) is 0 Å². The molecule has 1 fully saturated rings. The first kappa shape index (κ1) is 18.4. The van der Waals surface area contributed by atoms with Crippen LogP contribution in [0.5, 0.6) is 5.75 Å². The zero-order valence-corrected chi connectivity index (χ0v) is 15.4. The molecule has 2 atom stereocenters. The fourth-order valence-corrected chi connectivity index (χ4v) is 3.34. The molecule has 1 amide bonds. The largest absolute Gasteiger partial charge is 0.496 e. The SMILES string of the molecule is COc1cc(CCC(=O)N[C@@H]2COC[C@H]2Cc2ccncc2)ccc1C. The van der Waals surface area contributed by atoms with Crippen molar-refractivity contribution in [2.45, 2.75) is 32.2 Å². The molecule has 1 saturated heterocycles. The smallest absolute Gasteiger partial charge is 0.220 e. The number of benzene rings is 1. The normalized spacial score (nSPS) is 19.3. The number of nitrogens with one attached hydrogen (secondary N) is 1. The zero-order chi connectivity index (χ0) is 18.4. The maximum absolute atomic E-state index is 12.4. The topological polar surface area (TPSA) is 60.5 Å². The standard InChI is InChI=1S/C21H26N2O3/c1-15-3-4-16(12-20(15)25-2)5-6-21(24)23-19-14-26-13-18(19)11-17-7-9-22-10-8-17/h3-4,7-10,12,18-19H,5-6,11,13-14H2,1-2H3,(H,23,24)/t18-,19-/m1/s1. The van der Waals surface area contributed by atoms with E-state index in [-0.39, 0.29) is 11.9 Å². The van der Waals surface area contributed by atoms with Crippen LogP contribution < -0.4 is 10.1 Å². The van der Waals surface area contributed by atoms with E-state index in [1.807, 2.05) is 31.2 Å². The maximum Gasteiger partial charge on any atom is 0.220 e. The van der Waals surface area contributed by atoms with E-state index < -0.39 is 0 Å². The first-order chi connectivity index (χ1) is 12.7. The van der Waals surface area contributed by atoms with Crippen LogP contribution >= 0.6 is 0 Å². The average molecular weight is 354 g/mol. The highest BCUT2D eigenvalue weighted by molar-refractivity contribution is 5.76. The van der Waals surface area contributed by atoms with E-state index in [1.54, 1.807) is 19.5 Å². The molecule has 2 aromatic rings. The predicted molar refractivity (Wildman–Crippen MR) is 100 cm³/mol. The molecular formula is C21H26N2O3. The minimum Gasteiger partial charge on any atom is -0.496 e. The molecule has 2 heterocycles. The molecule has 1 N–H and O–H groups in total. The summed E-state index contributed by atoms with van der Waals surface area (Å²) in [6.07, 6.45) is 5.65. The van der Waals surface area contributed by atoms with E-state index >= 15 is 0 Å². The summed E-state index contributed by atoms with van der Waals surface area (Å²) in [7, 11) is 1.67. The summed E-state index contributed by atoms with van der Waals surface area (Å²) in [5.41, 5.74) is 3.43. The molecule has 1 aliphatic rings. The highest BCUT2D eigenvalue weighted by Gasteiger charge is 2.29. The monoisotopic (exact) mass is 354 g/mol. The molecule has 0 bridgehead atoms. The third-order valence-corrected chi connectivity index (χ3v) is 4.91. The van der Waals surface area contributed by atoms with Gasteiger partial charge in [-0.15, -0.1) is 0 Å². The van der Waals surface area contributed by atoms with Gasteiger partial charge < -0.3 is 14.8 Å². The molecule has 0 spiro atoms. The minimum atomic E-state index is 0.0692. The minimum absolute atomic E-state index is 0.0692. The van der Waals surface area contributed by atoms with Gasteiger partial charge in [-0.1, -0.05) is 12.1 Å². The van der Waals surface area contributed by atoms with Gasteiger partial charge in [0.1, 0.15) is 5.75 Å². The predicted octanol–water partition coefficient (Wildman–Crippen LogP) is 2.71. The van der Waals surface area contributed by atoms with Crippen LogP contribution in [0.1, 0.15) is 23.1 Å². The summed E-state index contributed by atoms with van der Waals surface area (Å²) in [5.74, 6) is 1.24. The van der Waals surface area contributed by atoms with Gasteiger partial charge in [0.2, 0.25) is 5.91 Å². The van der Waals surface area contributed by atoms with Crippen LogP contribution in [0.25, 0.3) is 0 Å². The van der Waals surface area contributed by atoms with E-state index in [4.69, 9.17) is 9.47 Å². The molecule has 0 radical (unpaired) electrons. The Kier molecular flexibility index (Phi) is 6.23. The number of hydrogen-bond acceptors (Lipinski definition) is 4. The molecule has 0 aliphatic carbocycles. The third-order valence-electron chi connectivity index (χ3n) is 4.91. The summed E-state index contributed by atoms with van der Waals surface area (Å²) in [6.45, 7) is 3.28. The van der Waals surface area contributed by atoms with Gasteiger partial charge >= 0.3 is 0 Å². The van der Waals surface area contributed by atoms with Crippen molar-refractivity contribution in [3.05, 3.63) is 59.4 Å². The van der Waals surface area contributed by atoms with Crippen molar-refractivity contribution in [1.82, 2.24) is 10.3 Å². The molecule has 0 unspecified atom stereocenters. The Hall–Kier alpha value is -2.40. The number of carbonyl (C=O) groups excluding carboxylic acids is 1. The van der Waals surface area contributed by atoms with Crippen LogP contribution in [0.2, 0.25) is 0 Å². The number of hydrogen-bond donors (Lipinski definition) is 1. The van der Waals surface area contributed by atoms with E-state index in [0.717, 1.165) is 23.3 Å². The van der Waals surface area contributed by atoms with Crippen LogP contribution in [-0.2, 0) is 22.4 Å². The summed E-state index contributed by atoms with van der Waals surface area (Å²) in [6, 6.07) is 10.2. The van der Waals surface area contributed by atoms with Gasteiger partial charge in [-0.25, -0.2) is 0 Å². The lowest BCUT2D eigenvalue weighted by Gasteiger charge is -2.19. The van der Waals surface area contributed by atoms with Crippen LogP contribution in [-0.4, -0.2) is 37.3 Å². The Labute approximate surface area is 154 Å². The summed E-state index contributed by atoms with van der Waals surface area (Å²) < 4.78 is 11.0. The van der Waals surface area contributed by atoms with Crippen molar-refractivity contribution >= 4 is 5.91 Å². The van der Waals surface area contributed by atoms with E-state index in [0.29, 0.717) is 32.0 Å². The Morgan fingerprint density at radius 3 is 2.81 bits per heavy atom. The molecule has 5 nitrogen and oxygen atoms in total. The van der Waals surface area contributed by atoms with Gasteiger partial charge in [0.05, 0.1) is 26.4 Å². The Morgan fingerprint density at radius 1 is 1.23 bits per heavy atom. The number of amides is 1.